The predicted molar refractivity (Wildman–Crippen MR) is 133 cm³/mol. The quantitative estimate of drug-likeness (QED) is 0.478. The Bertz CT molecular complexity index is 1020. The molecule has 186 valence electrons. The lowest BCUT2D eigenvalue weighted by atomic mass is 9.85. The van der Waals surface area contributed by atoms with E-state index in [1.54, 1.807) is 0 Å². The summed E-state index contributed by atoms with van der Waals surface area (Å²) in [6.07, 6.45) is 3.69. The minimum atomic E-state index is -0.903. The van der Waals surface area contributed by atoms with Crippen LogP contribution in [0.25, 0.3) is 11.1 Å². The first-order valence-electron chi connectivity index (χ1n) is 12.6. The van der Waals surface area contributed by atoms with Gasteiger partial charge in [0.25, 0.3) is 0 Å². The van der Waals surface area contributed by atoms with Gasteiger partial charge in [-0.1, -0.05) is 61.9 Å². The molecular weight excluding hydrogens is 444 g/mol. The SMILES string of the molecule is CCC[C@@H](CC(=O)O)NC(=O)C1CCC(NC(=O)OCC2c3ccccc3-c3ccccc32)CC1. The molecule has 0 aliphatic heterocycles. The van der Waals surface area contributed by atoms with E-state index in [0.717, 1.165) is 6.42 Å². The third-order valence-electron chi connectivity index (χ3n) is 7.17. The highest BCUT2D eigenvalue weighted by Gasteiger charge is 2.31. The van der Waals surface area contributed by atoms with Crippen LogP contribution in [0.2, 0.25) is 0 Å². The van der Waals surface area contributed by atoms with Gasteiger partial charge in [0, 0.05) is 23.9 Å². The number of carbonyl (C=O) groups is 3. The molecule has 1 saturated carbocycles. The number of rotatable bonds is 9. The summed E-state index contributed by atoms with van der Waals surface area (Å²) in [7, 11) is 0. The van der Waals surface area contributed by atoms with Crippen molar-refractivity contribution >= 4 is 18.0 Å². The van der Waals surface area contributed by atoms with Crippen LogP contribution >= 0.6 is 0 Å². The highest BCUT2D eigenvalue weighted by Crippen LogP contribution is 2.44. The summed E-state index contributed by atoms with van der Waals surface area (Å²) in [6.45, 7) is 2.25. The van der Waals surface area contributed by atoms with Gasteiger partial charge in [-0.05, 0) is 54.4 Å². The van der Waals surface area contributed by atoms with Crippen molar-refractivity contribution in [3.8, 4) is 11.1 Å². The third kappa shape index (κ3) is 6.02. The summed E-state index contributed by atoms with van der Waals surface area (Å²) in [5.74, 6) is -1.11. The number of benzene rings is 2. The third-order valence-corrected chi connectivity index (χ3v) is 7.17. The topological polar surface area (TPSA) is 105 Å². The molecule has 0 unspecified atom stereocenters. The zero-order chi connectivity index (χ0) is 24.8. The summed E-state index contributed by atoms with van der Waals surface area (Å²) in [5, 5.41) is 14.9. The minimum Gasteiger partial charge on any atom is -0.481 e. The Morgan fingerprint density at radius 1 is 0.971 bits per heavy atom. The smallest absolute Gasteiger partial charge is 0.407 e. The lowest BCUT2D eigenvalue weighted by molar-refractivity contribution is -0.138. The van der Waals surface area contributed by atoms with Crippen molar-refractivity contribution in [3.05, 3.63) is 59.7 Å². The number of aliphatic carboxylic acids is 1. The molecule has 7 nitrogen and oxygen atoms in total. The molecule has 0 heterocycles. The van der Waals surface area contributed by atoms with Gasteiger partial charge in [0.15, 0.2) is 0 Å². The van der Waals surface area contributed by atoms with Crippen LogP contribution in [0, 0.1) is 5.92 Å². The first-order valence-corrected chi connectivity index (χ1v) is 12.6. The van der Waals surface area contributed by atoms with Gasteiger partial charge in [-0.25, -0.2) is 4.79 Å². The Kier molecular flexibility index (Phi) is 8.06. The van der Waals surface area contributed by atoms with Crippen molar-refractivity contribution < 1.29 is 24.2 Å². The van der Waals surface area contributed by atoms with Crippen molar-refractivity contribution in [2.24, 2.45) is 5.92 Å². The van der Waals surface area contributed by atoms with Crippen molar-refractivity contribution in [1.82, 2.24) is 10.6 Å². The van der Waals surface area contributed by atoms with E-state index in [1.165, 1.54) is 22.3 Å². The fourth-order valence-corrected chi connectivity index (χ4v) is 5.41. The molecule has 7 heteroatoms. The first kappa shape index (κ1) is 24.8. The zero-order valence-electron chi connectivity index (χ0n) is 20.2. The average Bonchev–Trinajstić information content (AvgIpc) is 3.16. The summed E-state index contributed by atoms with van der Waals surface area (Å²) in [5.41, 5.74) is 4.74. The molecule has 0 radical (unpaired) electrons. The van der Waals surface area contributed by atoms with Gasteiger partial charge < -0.3 is 20.5 Å². The molecule has 3 N–H and O–H groups in total. The second kappa shape index (κ2) is 11.4. The van der Waals surface area contributed by atoms with Gasteiger partial charge in [0.05, 0.1) is 6.42 Å². The number of nitrogens with one attached hydrogen (secondary N) is 2. The lowest BCUT2D eigenvalue weighted by Crippen LogP contribution is -2.44. The Labute approximate surface area is 206 Å². The summed E-state index contributed by atoms with van der Waals surface area (Å²) < 4.78 is 5.65. The second-order valence-electron chi connectivity index (χ2n) is 9.61. The van der Waals surface area contributed by atoms with E-state index in [1.807, 2.05) is 31.2 Å². The fraction of sp³-hybridized carbons (Fsp3) is 0.464. The minimum absolute atomic E-state index is 0.0226. The van der Waals surface area contributed by atoms with E-state index in [4.69, 9.17) is 9.84 Å². The number of hydrogen-bond acceptors (Lipinski definition) is 4. The number of carboxylic acid groups (broad SMARTS) is 1. The number of ether oxygens (including phenoxy) is 1. The molecular formula is C28H34N2O5. The molecule has 2 amide bonds. The Balaban J connectivity index is 1.24. The maximum atomic E-state index is 12.6. The summed E-state index contributed by atoms with van der Waals surface area (Å²) in [6, 6.07) is 16.1. The van der Waals surface area contributed by atoms with Gasteiger partial charge in [0.1, 0.15) is 6.61 Å². The molecule has 0 bridgehead atoms. The first-order chi connectivity index (χ1) is 17.0. The Morgan fingerprint density at radius 2 is 1.57 bits per heavy atom. The number of alkyl carbamates (subject to hydrolysis) is 1. The van der Waals surface area contributed by atoms with Crippen LogP contribution < -0.4 is 10.6 Å². The van der Waals surface area contributed by atoms with Crippen molar-refractivity contribution in [2.75, 3.05) is 6.61 Å². The molecule has 2 aliphatic carbocycles. The maximum Gasteiger partial charge on any atom is 0.407 e. The molecule has 2 aromatic rings. The van der Waals surface area contributed by atoms with Gasteiger partial charge in [-0.2, -0.15) is 0 Å². The van der Waals surface area contributed by atoms with Gasteiger partial charge in [-0.3, -0.25) is 9.59 Å². The highest BCUT2D eigenvalue weighted by molar-refractivity contribution is 5.80. The predicted octanol–water partition coefficient (Wildman–Crippen LogP) is 4.84. The Hall–Kier alpha value is -3.35. The zero-order valence-corrected chi connectivity index (χ0v) is 20.2. The van der Waals surface area contributed by atoms with Crippen LogP contribution in [0.1, 0.15) is 68.9 Å². The number of fused-ring (bicyclic) bond motifs is 3. The van der Waals surface area contributed by atoms with Crippen LogP contribution in [0.3, 0.4) is 0 Å². The largest absolute Gasteiger partial charge is 0.481 e. The number of amides is 2. The summed E-state index contributed by atoms with van der Waals surface area (Å²) in [4.78, 5) is 36.2. The standard InChI is InChI=1S/C28H34N2O5/c1-2-7-20(16-26(31)32)29-27(33)18-12-14-19(15-13-18)30-28(34)35-17-25-23-10-5-3-8-21(23)22-9-4-6-11-24(22)25/h3-6,8-11,18-20,25H,2,7,12-17H2,1H3,(H,29,33)(H,30,34)(H,31,32)/t18?,19?,20-/m0/s1. The van der Waals surface area contributed by atoms with Crippen molar-refractivity contribution in [3.63, 3.8) is 0 Å². The van der Waals surface area contributed by atoms with Crippen LogP contribution in [0.4, 0.5) is 4.79 Å². The van der Waals surface area contributed by atoms with E-state index >= 15 is 0 Å². The van der Waals surface area contributed by atoms with Crippen LogP contribution in [-0.2, 0) is 14.3 Å². The molecule has 0 aromatic heterocycles. The molecule has 0 spiro atoms. The average molecular weight is 479 g/mol. The molecule has 0 saturated heterocycles. The fourth-order valence-electron chi connectivity index (χ4n) is 5.41. The van der Waals surface area contributed by atoms with Crippen LogP contribution in [-0.4, -0.2) is 41.8 Å². The van der Waals surface area contributed by atoms with E-state index in [2.05, 4.69) is 34.9 Å². The van der Waals surface area contributed by atoms with Gasteiger partial charge in [-0.15, -0.1) is 0 Å². The molecule has 35 heavy (non-hydrogen) atoms. The van der Waals surface area contributed by atoms with E-state index in [-0.39, 0.29) is 42.9 Å². The number of carbonyl (C=O) groups excluding carboxylic acids is 2. The van der Waals surface area contributed by atoms with E-state index < -0.39 is 12.1 Å². The normalized spacial score (nSPS) is 19.8. The maximum absolute atomic E-state index is 12.6. The molecule has 1 fully saturated rings. The molecule has 2 aromatic carbocycles. The molecule has 1 atom stereocenters. The van der Waals surface area contributed by atoms with E-state index in [9.17, 15) is 14.4 Å². The highest BCUT2D eigenvalue weighted by atomic mass is 16.5. The molecule has 2 aliphatic rings. The van der Waals surface area contributed by atoms with E-state index in [0.29, 0.717) is 32.1 Å². The monoisotopic (exact) mass is 478 g/mol. The summed E-state index contributed by atoms with van der Waals surface area (Å²) >= 11 is 0. The Morgan fingerprint density at radius 3 is 2.14 bits per heavy atom. The van der Waals surface area contributed by atoms with Crippen molar-refractivity contribution in [1.29, 1.82) is 0 Å². The van der Waals surface area contributed by atoms with Gasteiger partial charge >= 0.3 is 12.1 Å². The number of carboxylic acids is 1. The van der Waals surface area contributed by atoms with Crippen molar-refractivity contribution in [2.45, 2.75) is 69.9 Å². The molecule has 4 rings (SSSR count). The number of hydrogen-bond donors (Lipinski definition) is 3. The van der Waals surface area contributed by atoms with Gasteiger partial charge in [0.2, 0.25) is 5.91 Å². The second-order valence-corrected chi connectivity index (χ2v) is 9.61. The van der Waals surface area contributed by atoms with Crippen LogP contribution in [0.15, 0.2) is 48.5 Å². The van der Waals surface area contributed by atoms with Crippen LogP contribution in [0.5, 0.6) is 0 Å². The lowest BCUT2D eigenvalue weighted by Gasteiger charge is -2.29.